The normalized spacial score (nSPS) is 22.1. The molecule has 0 heterocycles. The van der Waals surface area contributed by atoms with Crippen molar-refractivity contribution >= 4 is 5.91 Å². The quantitative estimate of drug-likeness (QED) is 0.797. The number of ether oxygens (including phenoxy) is 1. The van der Waals surface area contributed by atoms with Crippen LogP contribution in [0.3, 0.4) is 0 Å². The van der Waals surface area contributed by atoms with Gasteiger partial charge in [0.25, 0.3) is 0 Å². The fourth-order valence-electron chi connectivity index (χ4n) is 2.08. The van der Waals surface area contributed by atoms with E-state index in [2.05, 4.69) is 5.32 Å². The van der Waals surface area contributed by atoms with Gasteiger partial charge in [-0.15, -0.1) is 0 Å². The van der Waals surface area contributed by atoms with Crippen molar-refractivity contribution in [3.63, 3.8) is 0 Å². The van der Waals surface area contributed by atoms with Crippen molar-refractivity contribution in [2.45, 2.75) is 25.3 Å². The number of carbonyl (C=O) groups is 1. The lowest BCUT2D eigenvalue weighted by Gasteiger charge is -2.32. The molecule has 1 aliphatic rings. The maximum absolute atomic E-state index is 11.5. The third-order valence-corrected chi connectivity index (χ3v) is 3.20. The fourth-order valence-corrected chi connectivity index (χ4v) is 2.08. The first-order chi connectivity index (χ1) is 8.74. The van der Waals surface area contributed by atoms with Crippen LogP contribution in [0.25, 0.3) is 0 Å². The Labute approximate surface area is 108 Å². The molecule has 18 heavy (non-hydrogen) atoms. The van der Waals surface area contributed by atoms with Gasteiger partial charge in [0.1, 0.15) is 5.75 Å². The minimum atomic E-state index is 0.0476. The highest BCUT2D eigenvalue weighted by Gasteiger charge is 2.25. The number of carbonyl (C=O) groups excluding carboxylic acids is 1. The Morgan fingerprint density at radius 1 is 1.33 bits per heavy atom. The summed E-state index contributed by atoms with van der Waals surface area (Å²) in [6, 6.07) is 9.86. The summed E-state index contributed by atoms with van der Waals surface area (Å²) in [6.45, 7) is 1.16. The van der Waals surface area contributed by atoms with Crippen LogP contribution in [0.2, 0.25) is 0 Å². The fraction of sp³-hybridized carbons (Fsp3) is 0.500. The second kappa shape index (κ2) is 6.40. The highest BCUT2D eigenvalue weighted by atomic mass is 16.5. The van der Waals surface area contributed by atoms with Crippen molar-refractivity contribution in [2.75, 3.05) is 13.2 Å². The van der Waals surface area contributed by atoms with E-state index in [-0.39, 0.29) is 5.91 Å². The van der Waals surface area contributed by atoms with Gasteiger partial charge in [0, 0.05) is 12.6 Å². The van der Waals surface area contributed by atoms with Crippen LogP contribution in [0, 0.1) is 5.92 Å². The Balaban J connectivity index is 1.55. The van der Waals surface area contributed by atoms with Gasteiger partial charge < -0.3 is 15.8 Å². The number of rotatable bonds is 6. The van der Waals surface area contributed by atoms with Crippen LogP contribution in [0.1, 0.15) is 19.3 Å². The van der Waals surface area contributed by atoms with E-state index in [0.29, 0.717) is 25.0 Å². The molecule has 4 nitrogen and oxygen atoms in total. The topological polar surface area (TPSA) is 64.3 Å². The Morgan fingerprint density at radius 2 is 2.06 bits per heavy atom. The molecule has 3 N–H and O–H groups in total. The van der Waals surface area contributed by atoms with Crippen LogP contribution < -0.4 is 15.8 Å². The average Bonchev–Trinajstić information content (AvgIpc) is 2.34. The molecule has 0 aliphatic heterocycles. The van der Waals surface area contributed by atoms with E-state index in [1.54, 1.807) is 0 Å². The van der Waals surface area contributed by atoms with E-state index in [1.165, 1.54) is 0 Å². The summed E-state index contributed by atoms with van der Waals surface area (Å²) < 4.78 is 5.46. The maximum Gasteiger partial charge on any atom is 0.223 e. The van der Waals surface area contributed by atoms with Crippen LogP contribution in [0.15, 0.2) is 30.3 Å². The maximum atomic E-state index is 11.5. The monoisotopic (exact) mass is 248 g/mol. The van der Waals surface area contributed by atoms with Crippen LogP contribution in [0.4, 0.5) is 0 Å². The van der Waals surface area contributed by atoms with Crippen molar-refractivity contribution in [3.8, 4) is 5.75 Å². The Bertz CT molecular complexity index is 375. The third kappa shape index (κ3) is 4.04. The zero-order chi connectivity index (χ0) is 12.8. The minimum absolute atomic E-state index is 0.0476. The van der Waals surface area contributed by atoms with E-state index in [9.17, 15) is 4.79 Å². The zero-order valence-electron chi connectivity index (χ0n) is 10.5. The number of para-hydroxylation sites is 1. The molecule has 1 amide bonds. The second-order valence-electron chi connectivity index (χ2n) is 4.81. The van der Waals surface area contributed by atoms with E-state index in [1.807, 2.05) is 30.3 Å². The van der Waals surface area contributed by atoms with E-state index < -0.39 is 0 Å². The van der Waals surface area contributed by atoms with Gasteiger partial charge in [0.05, 0.1) is 13.0 Å². The minimum Gasteiger partial charge on any atom is -0.493 e. The van der Waals surface area contributed by atoms with Crippen molar-refractivity contribution < 1.29 is 9.53 Å². The number of amides is 1. The molecular formula is C14H20N2O2. The Hall–Kier alpha value is -1.55. The molecule has 0 atom stereocenters. The van der Waals surface area contributed by atoms with Gasteiger partial charge in [0.15, 0.2) is 0 Å². The van der Waals surface area contributed by atoms with Crippen LogP contribution in [-0.2, 0) is 4.79 Å². The SMILES string of the molecule is NC1CC(CNC(=O)CCOc2ccccc2)C1. The summed E-state index contributed by atoms with van der Waals surface area (Å²) in [4.78, 5) is 11.5. The van der Waals surface area contributed by atoms with E-state index in [4.69, 9.17) is 10.5 Å². The highest BCUT2D eigenvalue weighted by Crippen LogP contribution is 2.24. The molecule has 0 unspecified atom stereocenters. The van der Waals surface area contributed by atoms with Gasteiger partial charge in [-0.2, -0.15) is 0 Å². The molecular weight excluding hydrogens is 228 g/mol. The largest absolute Gasteiger partial charge is 0.493 e. The molecule has 0 bridgehead atoms. The van der Waals surface area contributed by atoms with Crippen LogP contribution in [-0.4, -0.2) is 25.1 Å². The first-order valence-electron chi connectivity index (χ1n) is 6.44. The first-order valence-corrected chi connectivity index (χ1v) is 6.44. The molecule has 0 aromatic heterocycles. The molecule has 1 fully saturated rings. The van der Waals surface area contributed by atoms with Crippen molar-refractivity contribution in [1.29, 1.82) is 0 Å². The standard InChI is InChI=1S/C14H20N2O2/c15-12-8-11(9-12)10-16-14(17)6-7-18-13-4-2-1-3-5-13/h1-5,11-12H,6-10,15H2,(H,16,17). The lowest BCUT2D eigenvalue weighted by atomic mass is 9.81. The molecule has 1 saturated carbocycles. The molecule has 1 aliphatic carbocycles. The lowest BCUT2D eigenvalue weighted by Crippen LogP contribution is -2.42. The summed E-state index contributed by atoms with van der Waals surface area (Å²) in [5.74, 6) is 1.42. The van der Waals surface area contributed by atoms with E-state index >= 15 is 0 Å². The molecule has 0 spiro atoms. The van der Waals surface area contributed by atoms with Crippen LogP contribution in [0.5, 0.6) is 5.75 Å². The molecule has 4 heteroatoms. The van der Waals surface area contributed by atoms with Crippen molar-refractivity contribution in [3.05, 3.63) is 30.3 Å². The molecule has 0 saturated heterocycles. The molecule has 1 aromatic rings. The third-order valence-electron chi connectivity index (χ3n) is 3.20. The van der Waals surface area contributed by atoms with Gasteiger partial charge in [-0.05, 0) is 30.9 Å². The zero-order valence-corrected chi connectivity index (χ0v) is 10.5. The summed E-state index contributed by atoms with van der Waals surface area (Å²) in [5.41, 5.74) is 5.69. The highest BCUT2D eigenvalue weighted by molar-refractivity contribution is 5.75. The molecule has 2 rings (SSSR count). The van der Waals surface area contributed by atoms with Gasteiger partial charge in [-0.3, -0.25) is 4.79 Å². The molecule has 1 aromatic carbocycles. The van der Waals surface area contributed by atoms with Gasteiger partial charge >= 0.3 is 0 Å². The predicted octanol–water partition coefficient (Wildman–Crippen LogP) is 1.31. The van der Waals surface area contributed by atoms with Gasteiger partial charge in [-0.1, -0.05) is 18.2 Å². The summed E-state index contributed by atoms with van der Waals surface area (Å²) in [6.07, 6.45) is 2.45. The number of nitrogens with two attached hydrogens (primary N) is 1. The molecule has 0 radical (unpaired) electrons. The number of hydrogen-bond acceptors (Lipinski definition) is 3. The van der Waals surface area contributed by atoms with Gasteiger partial charge in [0.2, 0.25) is 5.91 Å². The van der Waals surface area contributed by atoms with Crippen LogP contribution >= 0.6 is 0 Å². The average molecular weight is 248 g/mol. The van der Waals surface area contributed by atoms with Crippen molar-refractivity contribution in [1.82, 2.24) is 5.32 Å². The number of hydrogen-bond donors (Lipinski definition) is 2. The predicted molar refractivity (Wildman–Crippen MR) is 70.3 cm³/mol. The number of benzene rings is 1. The van der Waals surface area contributed by atoms with Gasteiger partial charge in [-0.25, -0.2) is 0 Å². The lowest BCUT2D eigenvalue weighted by molar-refractivity contribution is -0.121. The number of nitrogens with one attached hydrogen (secondary N) is 1. The summed E-state index contributed by atoms with van der Waals surface area (Å²) >= 11 is 0. The van der Waals surface area contributed by atoms with E-state index in [0.717, 1.165) is 25.1 Å². The Morgan fingerprint density at radius 3 is 2.72 bits per heavy atom. The second-order valence-corrected chi connectivity index (χ2v) is 4.81. The Kier molecular flexibility index (Phi) is 4.59. The smallest absolute Gasteiger partial charge is 0.223 e. The summed E-state index contributed by atoms with van der Waals surface area (Å²) in [5, 5.41) is 2.92. The summed E-state index contributed by atoms with van der Waals surface area (Å²) in [7, 11) is 0. The first kappa shape index (κ1) is 12.9. The molecule has 98 valence electrons. The van der Waals surface area contributed by atoms with Crippen molar-refractivity contribution in [2.24, 2.45) is 11.7 Å².